The standard InChI is InChI=1S/C23H24ClN5O2/c1-25-23(31)28-13-12-21-18(14-28)20(26-27(21)2)15-29(16-8-4-3-5-9-16)22(30)17-10-6-7-11-19(17)24/h3-11H,12-15H2,1-2H3,(H,25,31). The van der Waals surface area contributed by atoms with Crippen LogP contribution in [0.2, 0.25) is 5.02 Å². The molecule has 0 saturated carbocycles. The Balaban J connectivity index is 1.72. The van der Waals surface area contributed by atoms with Gasteiger partial charge in [0.05, 0.1) is 29.4 Å². The van der Waals surface area contributed by atoms with Gasteiger partial charge >= 0.3 is 6.03 Å². The number of hydrogen-bond donors (Lipinski definition) is 1. The third kappa shape index (κ3) is 4.14. The molecule has 31 heavy (non-hydrogen) atoms. The van der Waals surface area contributed by atoms with Gasteiger partial charge in [0.1, 0.15) is 0 Å². The molecule has 160 valence electrons. The summed E-state index contributed by atoms with van der Waals surface area (Å²) in [6.45, 7) is 1.37. The number of benzene rings is 2. The Labute approximate surface area is 186 Å². The van der Waals surface area contributed by atoms with Gasteiger partial charge in [0.15, 0.2) is 0 Å². The van der Waals surface area contributed by atoms with Crippen LogP contribution in [0.15, 0.2) is 54.6 Å². The van der Waals surface area contributed by atoms with Gasteiger partial charge in [-0.15, -0.1) is 0 Å². The van der Waals surface area contributed by atoms with Gasteiger partial charge in [0.2, 0.25) is 0 Å². The molecule has 0 radical (unpaired) electrons. The minimum atomic E-state index is -0.199. The molecule has 7 nitrogen and oxygen atoms in total. The molecule has 0 spiro atoms. The Bertz CT molecular complexity index is 1110. The number of aryl methyl sites for hydroxylation is 1. The minimum absolute atomic E-state index is 0.118. The Morgan fingerprint density at radius 1 is 1.13 bits per heavy atom. The van der Waals surface area contributed by atoms with E-state index in [-0.39, 0.29) is 18.5 Å². The summed E-state index contributed by atoms with van der Waals surface area (Å²) in [5.41, 5.74) is 4.05. The highest BCUT2D eigenvalue weighted by Crippen LogP contribution is 2.27. The number of aromatic nitrogens is 2. The largest absolute Gasteiger partial charge is 0.341 e. The molecule has 2 aromatic carbocycles. The molecule has 8 heteroatoms. The normalized spacial score (nSPS) is 12.9. The van der Waals surface area contributed by atoms with Crippen LogP contribution < -0.4 is 10.2 Å². The molecule has 2 heterocycles. The summed E-state index contributed by atoms with van der Waals surface area (Å²) in [6.07, 6.45) is 0.718. The lowest BCUT2D eigenvalue weighted by Gasteiger charge is -2.28. The summed E-state index contributed by atoms with van der Waals surface area (Å²) in [5, 5.41) is 7.80. The van der Waals surface area contributed by atoms with E-state index in [1.165, 1.54) is 0 Å². The molecule has 0 unspecified atom stereocenters. The Morgan fingerprint density at radius 2 is 1.84 bits per heavy atom. The third-order valence-electron chi connectivity index (χ3n) is 5.55. The van der Waals surface area contributed by atoms with Crippen LogP contribution in [0.4, 0.5) is 10.5 Å². The zero-order chi connectivity index (χ0) is 22.0. The zero-order valence-corrected chi connectivity index (χ0v) is 18.3. The van der Waals surface area contributed by atoms with Gasteiger partial charge in [-0.25, -0.2) is 4.79 Å². The van der Waals surface area contributed by atoms with Gasteiger partial charge in [-0.2, -0.15) is 5.10 Å². The number of halogens is 1. The molecular weight excluding hydrogens is 414 g/mol. The van der Waals surface area contributed by atoms with Gasteiger partial charge in [-0.05, 0) is 24.3 Å². The Kier molecular flexibility index (Phi) is 5.95. The van der Waals surface area contributed by atoms with Crippen molar-refractivity contribution in [2.75, 3.05) is 18.5 Å². The Hall–Kier alpha value is -3.32. The zero-order valence-electron chi connectivity index (χ0n) is 17.5. The lowest BCUT2D eigenvalue weighted by Crippen LogP contribution is -2.41. The molecule has 3 aromatic rings. The number of fused-ring (bicyclic) bond motifs is 1. The van der Waals surface area contributed by atoms with Crippen LogP contribution in [0.3, 0.4) is 0 Å². The van der Waals surface area contributed by atoms with Gasteiger partial charge in [0.25, 0.3) is 5.91 Å². The number of urea groups is 1. The summed E-state index contributed by atoms with van der Waals surface area (Å²) in [7, 11) is 3.53. The average molecular weight is 438 g/mol. The summed E-state index contributed by atoms with van der Waals surface area (Å²) < 4.78 is 1.86. The van der Waals surface area contributed by atoms with E-state index in [9.17, 15) is 9.59 Å². The molecule has 4 rings (SSSR count). The van der Waals surface area contributed by atoms with Crippen molar-refractivity contribution in [2.45, 2.75) is 19.5 Å². The molecule has 1 aromatic heterocycles. The lowest BCUT2D eigenvalue weighted by molar-refractivity contribution is 0.0984. The number of rotatable bonds is 4. The number of amides is 3. The van der Waals surface area contributed by atoms with Crippen molar-refractivity contribution in [3.63, 3.8) is 0 Å². The first-order chi connectivity index (χ1) is 15.0. The van der Waals surface area contributed by atoms with Crippen LogP contribution in [0.1, 0.15) is 27.3 Å². The molecule has 1 aliphatic rings. The lowest BCUT2D eigenvalue weighted by atomic mass is 10.0. The fraction of sp³-hybridized carbons (Fsp3) is 0.261. The average Bonchev–Trinajstić information content (AvgIpc) is 3.12. The minimum Gasteiger partial charge on any atom is -0.341 e. The van der Waals surface area contributed by atoms with Crippen molar-refractivity contribution in [1.29, 1.82) is 0 Å². The van der Waals surface area contributed by atoms with Crippen molar-refractivity contribution in [3.05, 3.63) is 82.1 Å². The monoisotopic (exact) mass is 437 g/mol. The number of para-hydroxylation sites is 1. The topological polar surface area (TPSA) is 70.5 Å². The van der Waals surface area contributed by atoms with Crippen molar-refractivity contribution in [3.8, 4) is 0 Å². The maximum atomic E-state index is 13.5. The number of carbonyl (C=O) groups excluding carboxylic acids is 2. The second-order valence-electron chi connectivity index (χ2n) is 7.43. The number of hydrogen-bond acceptors (Lipinski definition) is 3. The first-order valence-corrected chi connectivity index (χ1v) is 10.5. The fourth-order valence-corrected chi connectivity index (χ4v) is 4.16. The van der Waals surface area contributed by atoms with E-state index in [0.717, 1.165) is 29.1 Å². The van der Waals surface area contributed by atoms with Crippen LogP contribution in [0.25, 0.3) is 0 Å². The van der Waals surface area contributed by atoms with E-state index in [0.29, 0.717) is 23.7 Å². The van der Waals surface area contributed by atoms with E-state index in [4.69, 9.17) is 16.7 Å². The number of carbonyl (C=O) groups is 2. The summed E-state index contributed by atoms with van der Waals surface area (Å²) >= 11 is 6.32. The fourth-order valence-electron chi connectivity index (χ4n) is 3.95. The van der Waals surface area contributed by atoms with Crippen LogP contribution in [-0.4, -0.2) is 40.2 Å². The Morgan fingerprint density at radius 3 is 2.55 bits per heavy atom. The molecule has 3 amide bonds. The van der Waals surface area contributed by atoms with Gasteiger partial charge in [-0.3, -0.25) is 9.48 Å². The third-order valence-corrected chi connectivity index (χ3v) is 5.88. The first kappa shape index (κ1) is 20.9. The quantitative estimate of drug-likeness (QED) is 0.677. The molecule has 0 aliphatic carbocycles. The van der Waals surface area contributed by atoms with Gasteiger partial charge in [0, 0.05) is 44.0 Å². The second-order valence-corrected chi connectivity index (χ2v) is 7.84. The van der Waals surface area contributed by atoms with Crippen molar-refractivity contribution < 1.29 is 9.59 Å². The first-order valence-electron chi connectivity index (χ1n) is 10.1. The van der Waals surface area contributed by atoms with E-state index >= 15 is 0 Å². The highest BCUT2D eigenvalue weighted by Gasteiger charge is 2.29. The number of anilines is 1. The predicted octanol–water partition coefficient (Wildman–Crippen LogP) is 3.62. The highest BCUT2D eigenvalue weighted by molar-refractivity contribution is 6.34. The SMILES string of the molecule is CNC(=O)N1CCc2c(c(CN(C(=O)c3ccccc3Cl)c3ccccc3)nn2C)C1. The molecule has 0 atom stereocenters. The van der Waals surface area contributed by atoms with Crippen LogP contribution in [-0.2, 0) is 26.6 Å². The maximum absolute atomic E-state index is 13.5. The van der Waals surface area contributed by atoms with Crippen molar-refractivity contribution in [1.82, 2.24) is 20.0 Å². The van der Waals surface area contributed by atoms with E-state index in [1.54, 1.807) is 41.1 Å². The molecule has 1 N–H and O–H groups in total. The summed E-state index contributed by atoms with van der Waals surface area (Å²) in [5.74, 6) is -0.199. The molecule has 0 saturated heterocycles. The highest BCUT2D eigenvalue weighted by atomic mass is 35.5. The van der Waals surface area contributed by atoms with E-state index in [1.807, 2.05) is 42.1 Å². The molecule has 0 bridgehead atoms. The van der Waals surface area contributed by atoms with Crippen molar-refractivity contribution in [2.24, 2.45) is 7.05 Å². The van der Waals surface area contributed by atoms with E-state index < -0.39 is 0 Å². The number of nitrogens with zero attached hydrogens (tertiary/aromatic N) is 4. The summed E-state index contributed by atoms with van der Waals surface area (Å²) in [4.78, 5) is 29.1. The molecular formula is C23H24ClN5O2. The van der Waals surface area contributed by atoms with Crippen LogP contribution in [0, 0.1) is 0 Å². The summed E-state index contributed by atoms with van der Waals surface area (Å²) in [6, 6.07) is 16.4. The van der Waals surface area contributed by atoms with Crippen LogP contribution >= 0.6 is 11.6 Å². The van der Waals surface area contributed by atoms with Gasteiger partial charge < -0.3 is 15.1 Å². The second kappa shape index (κ2) is 8.81. The molecule has 1 aliphatic heterocycles. The van der Waals surface area contributed by atoms with E-state index in [2.05, 4.69) is 5.32 Å². The van der Waals surface area contributed by atoms with Gasteiger partial charge in [-0.1, -0.05) is 41.9 Å². The maximum Gasteiger partial charge on any atom is 0.317 e. The smallest absolute Gasteiger partial charge is 0.317 e. The molecule has 0 fully saturated rings. The number of nitrogens with one attached hydrogen (secondary N) is 1. The van der Waals surface area contributed by atoms with Crippen LogP contribution in [0.5, 0.6) is 0 Å². The van der Waals surface area contributed by atoms with Crippen molar-refractivity contribution >= 4 is 29.2 Å². The predicted molar refractivity (Wildman–Crippen MR) is 120 cm³/mol.